The topological polar surface area (TPSA) is 44.3 Å². The van der Waals surface area contributed by atoms with E-state index >= 15 is 0 Å². The lowest BCUT2D eigenvalue weighted by Gasteiger charge is -2.38. The van der Waals surface area contributed by atoms with Gasteiger partial charge < -0.3 is 10.2 Å². The second kappa shape index (κ2) is 7.11. The highest BCUT2D eigenvalue weighted by Crippen LogP contribution is 2.26. The van der Waals surface area contributed by atoms with E-state index in [1.54, 1.807) is 0 Å². The Morgan fingerprint density at radius 1 is 1.14 bits per heavy atom. The minimum Gasteiger partial charge on any atom is -0.338 e. The predicted molar refractivity (Wildman–Crippen MR) is 93.0 cm³/mol. The third kappa shape index (κ3) is 4.09. The summed E-state index contributed by atoms with van der Waals surface area (Å²) in [6, 6.07) is 2.04. The van der Waals surface area contributed by atoms with Crippen molar-refractivity contribution in [3.05, 3.63) is 17.5 Å². The second-order valence-electron chi connectivity index (χ2n) is 6.95. The summed E-state index contributed by atoms with van der Waals surface area (Å²) in [6.07, 6.45) is 1.30. The molecule has 22 heavy (non-hydrogen) atoms. The van der Waals surface area contributed by atoms with E-state index in [-0.39, 0.29) is 12.4 Å². The number of nitrogens with one attached hydrogen (secondary N) is 1. The van der Waals surface area contributed by atoms with Gasteiger partial charge in [0.1, 0.15) is 0 Å². The van der Waals surface area contributed by atoms with Crippen molar-refractivity contribution in [2.75, 3.05) is 50.7 Å². The molecule has 6 heteroatoms. The zero-order chi connectivity index (χ0) is 14.9. The number of aromatic nitrogens is 2. The standard InChI is InChI=1S/C16H27N5.ClH/c1-13-10-14(2)19-15(18-13)21-8-6-20(7-9-21)12-16(3)4-5-17-11-16;/h10,17H,4-9,11-12H2,1-3H3;1H. The van der Waals surface area contributed by atoms with Crippen LogP contribution in [-0.4, -0.2) is 60.7 Å². The maximum absolute atomic E-state index is 4.59. The molecule has 2 aliphatic rings. The first-order valence-electron chi connectivity index (χ1n) is 8.04. The van der Waals surface area contributed by atoms with Crippen molar-refractivity contribution in [3.8, 4) is 0 Å². The number of aryl methyl sites for hydroxylation is 2. The van der Waals surface area contributed by atoms with Crippen LogP contribution in [0.15, 0.2) is 6.07 Å². The van der Waals surface area contributed by atoms with Crippen LogP contribution in [0.5, 0.6) is 0 Å². The molecule has 3 heterocycles. The first-order chi connectivity index (χ1) is 10.0. The van der Waals surface area contributed by atoms with E-state index in [0.717, 1.165) is 50.1 Å². The quantitative estimate of drug-likeness (QED) is 0.915. The van der Waals surface area contributed by atoms with Gasteiger partial charge in [0.15, 0.2) is 0 Å². The van der Waals surface area contributed by atoms with Crippen molar-refractivity contribution in [2.24, 2.45) is 5.41 Å². The van der Waals surface area contributed by atoms with Gasteiger partial charge in [-0.3, -0.25) is 4.90 Å². The predicted octanol–water partition coefficient (Wildman–Crippen LogP) is 1.64. The third-order valence-corrected chi connectivity index (χ3v) is 4.69. The summed E-state index contributed by atoms with van der Waals surface area (Å²) >= 11 is 0. The highest BCUT2D eigenvalue weighted by Gasteiger charge is 2.32. The minimum atomic E-state index is 0. The van der Waals surface area contributed by atoms with E-state index in [2.05, 4.69) is 32.0 Å². The molecule has 2 aliphatic heterocycles. The average Bonchev–Trinajstić information content (AvgIpc) is 2.85. The fourth-order valence-electron chi connectivity index (χ4n) is 3.50. The van der Waals surface area contributed by atoms with E-state index in [1.165, 1.54) is 19.5 Å². The van der Waals surface area contributed by atoms with Crippen LogP contribution in [0.2, 0.25) is 0 Å². The molecule has 0 bridgehead atoms. The highest BCUT2D eigenvalue weighted by molar-refractivity contribution is 5.85. The second-order valence-corrected chi connectivity index (χ2v) is 6.95. The molecule has 5 nitrogen and oxygen atoms in total. The minimum absolute atomic E-state index is 0. The van der Waals surface area contributed by atoms with Gasteiger partial charge >= 0.3 is 0 Å². The molecule has 2 saturated heterocycles. The number of rotatable bonds is 3. The lowest BCUT2D eigenvalue weighted by Crippen LogP contribution is -2.50. The van der Waals surface area contributed by atoms with Gasteiger partial charge in [0.05, 0.1) is 0 Å². The number of nitrogens with zero attached hydrogens (tertiary/aromatic N) is 4. The summed E-state index contributed by atoms with van der Waals surface area (Å²) < 4.78 is 0. The van der Waals surface area contributed by atoms with Crippen LogP contribution in [0.3, 0.4) is 0 Å². The molecule has 1 N–H and O–H groups in total. The molecular formula is C16H28ClN5. The largest absolute Gasteiger partial charge is 0.338 e. The molecule has 3 rings (SSSR count). The number of anilines is 1. The van der Waals surface area contributed by atoms with Gasteiger partial charge in [-0.15, -0.1) is 12.4 Å². The number of piperazine rings is 1. The van der Waals surface area contributed by atoms with Gasteiger partial charge in [-0.1, -0.05) is 6.92 Å². The number of hydrogen-bond donors (Lipinski definition) is 1. The van der Waals surface area contributed by atoms with E-state index in [0.29, 0.717) is 5.41 Å². The SMILES string of the molecule is Cc1cc(C)nc(N2CCN(CC3(C)CCNC3)CC2)n1.Cl. The Morgan fingerprint density at radius 2 is 1.77 bits per heavy atom. The van der Waals surface area contributed by atoms with Gasteiger partial charge in [0, 0.05) is 50.7 Å². The Bertz CT molecular complexity index is 473. The molecule has 0 aromatic carbocycles. The van der Waals surface area contributed by atoms with Crippen LogP contribution in [0.1, 0.15) is 24.7 Å². The van der Waals surface area contributed by atoms with Crippen LogP contribution >= 0.6 is 12.4 Å². The van der Waals surface area contributed by atoms with E-state index in [1.807, 2.05) is 19.9 Å². The molecule has 1 aromatic rings. The van der Waals surface area contributed by atoms with Gasteiger partial charge in [-0.05, 0) is 38.3 Å². The molecule has 1 unspecified atom stereocenters. The Morgan fingerprint density at radius 3 is 2.32 bits per heavy atom. The fourth-order valence-corrected chi connectivity index (χ4v) is 3.50. The smallest absolute Gasteiger partial charge is 0.225 e. The van der Waals surface area contributed by atoms with E-state index < -0.39 is 0 Å². The van der Waals surface area contributed by atoms with Crippen molar-refractivity contribution < 1.29 is 0 Å². The normalized spacial score (nSPS) is 26.0. The number of hydrogen-bond acceptors (Lipinski definition) is 5. The molecule has 2 fully saturated rings. The van der Waals surface area contributed by atoms with E-state index in [9.17, 15) is 0 Å². The Labute approximate surface area is 139 Å². The average molecular weight is 326 g/mol. The Balaban J connectivity index is 0.00000176. The first kappa shape index (κ1) is 17.4. The lowest BCUT2D eigenvalue weighted by molar-refractivity contribution is 0.169. The first-order valence-corrected chi connectivity index (χ1v) is 8.04. The van der Waals surface area contributed by atoms with Gasteiger partial charge in [0.2, 0.25) is 5.95 Å². The summed E-state index contributed by atoms with van der Waals surface area (Å²) in [7, 11) is 0. The maximum atomic E-state index is 4.59. The Kier molecular flexibility index (Phi) is 5.64. The fraction of sp³-hybridized carbons (Fsp3) is 0.750. The maximum Gasteiger partial charge on any atom is 0.225 e. The molecule has 0 saturated carbocycles. The van der Waals surface area contributed by atoms with Crippen molar-refractivity contribution in [1.29, 1.82) is 0 Å². The van der Waals surface area contributed by atoms with Crippen LogP contribution < -0.4 is 10.2 Å². The summed E-state index contributed by atoms with van der Waals surface area (Å²) in [4.78, 5) is 14.1. The van der Waals surface area contributed by atoms with Gasteiger partial charge in [-0.25, -0.2) is 9.97 Å². The summed E-state index contributed by atoms with van der Waals surface area (Å²) in [5.74, 6) is 0.904. The van der Waals surface area contributed by atoms with Crippen LogP contribution in [-0.2, 0) is 0 Å². The van der Waals surface area contributed by atoms with Crippen LogP contribution in [0.4, 0.5) is 5.95 Å². The number of halogens is 1. The van der Waals surface area contributed by atoms with Crippen molar-refractivity contribution in [2.45, 2.75) is 27.2 Å². The van der Waals surface area contributed by atoms with Crippen molar-refractivity contribution in [3.63, 3.8) is 0 Å². The van der Waals surface area contributed by atoms with E-state index in [4.69, 9.17) is 0 Å². The zero-order valence-corrected chi connectivity index (χ0v) is 14.7. The van der Waals surface area contributed by atoms with Crippen molar-refractivity contribution >= 4 is 18.4 Å². The molecule has 0 radical (unpaired) electrons. The molecule has 0 amide bonds. The summed E-state index contributed by atoms with van der Waals surface area (Å²) in [5.41, 5.74) is 2.58. The third-order valence-electron chi connectivity index (χ3n) is 4.69. The monoisotopic (exact) mass is 325 g/mol. The Hall–Kier alpha value is -0.910. The zero-order valence-electron chi connectivity index (χ0n) is 13.9. The molecular weight excluding hydrogens is 298 g/mol. The van der Waals surface area contributed by atoms with Gasteiger partial charge in [0.25, 0.3) is 0 Å². The molecule has 0 aliphatic carbocycles. The molecule has 124 valence electrons. The summed E-state index contributed by atoms with van der Waals surface area (Å²) in [5, 5.41) is 3.49. The van der Waals surface area contributed by atoms with Crippen molar-refractivity contribution in [1.82, 2.24) is 20.2 Å². The molecule has 1 aromatic heterocycles. The van der Waals surface area contributed by atoms with Gasteiger partial charge in [-0.2, -0.15) is 0 Å². The van der Waals surface area contributed by atoms with Crippen LogP contribution in [0.25, 0.3) is 0 Å². The highest BCUT2D eigenvalue weighted by atomic mass is 35.5. The van der Waals surface area contributed by atoms with Crippen LogP contribution in [0, 0.1) is 19.3 Å². The molecule has 0 spiro atoms. The lowest BCUT2D eigenvalue weighted by atomic mass is 9.89. The summed E-state index contributed by atoms with van der Waals surface area (Å²) in [6.45, 7) is 14.3. The molecule has 1 atom stereocenters.